The van der Waals surface area contributed by atoms with Gasteiger partial charge >= 0.3 is 0 Å². The lowest BCUT2D eigenvalue weighted by molar-refractivity contribution is 0.425. The number of nitrogens with zero attached hydrogens (tertiary/aromatic N) is 5. The molecular formula is C31H31F2N9. The van der Waals surface area contributed by atoms with Crippen molar-refractivity contribution < 1.29 is 8.78 Å². The molecule has 0 aliphatic rings. The van der Waals surface area contributed by atoms with Gasteiger partial charge in [-0.1, -0.05) is 6.92 Å². The first kappa shape index (κ1) is 27.4. The molecule has 4 heterocycles. The van der Waals surface area contributed by atoms with Crippen molar-refractivity contribution in [1.82, 2.24) is 40.3 Å². The summed E-state index contributed by atoms with van der Waals surface area (Å²) >= 11 is 0. The van der Waals surface area contributed by atoms with Gasteiger partial charge < -0.3 is 20.5 Å². The van der Waals surface area contributed by atoms with Crippen LogP contribution in [0.2, 0.25) is 0 Å². The summed E-state index contributed by atoms with van der Waals surface area (Å²) in [5, 5.41) is 14.3. The first-order chi connectivity index (χ1) is 20.4. The van der Waals surface area contributed by atoms with Crippen molar-refractivity contribution in [2.45, 2.75) is 13.5 Å². The number of aromatic amines is 2. The smallest absolute Gasteiger partial charge is 0.178 e. The summed E-state index contributed by atoms with van der Waals surface area (Å²) in [6, 6.07) is 12.0. The molecule has 0 bridgehead atoms. The van der Waals surface area contributed by atoms with Crippen LogP contribution in [-0.4, -0.2) is 68.8 Å². The standard InChI is InChI=1S/C31H31F2N9/c1-4-34-15-18-9-21(17-35-16-18)19-12-25-27(26(33)13-19)40-41-29(25)31-38-28-24(5-6-37-30(28)39-31)20-10-22(32)14-23(11-20)36-7-8-42(2)3/h5-6,9-14,16-17,34,36H,4,7-8,15H2,1-3H3,(H,40,41)(H,37,38,39). The second-order valence-electron chi connectivity index (χ2n) is 10.4. The molecule has 9 nitrogen and oxygen atoms in total. The highest BCUT2D eigenvalue weighted by atomic mass is 19.1. The van der Waals surface area contributed by atoms with E-state index in [1.54, 1.807) is 18.6 Å². The summed E-state index contributed by atoms with van der Waals surface area (Å²) in [6.07, 6.45) is 5.16. The summed E-state index contributed by atoms with van der Waals surface area (Å²) in [7, 11) is 3.97. The molecule has 0 fully saturated rings. The van der Waals surface area contributed by atoms with Gasteiger partial charge in [-0.25, -0.2) is 18.7 Å². The van der Waals surface area contributed by atoms with E-state index in [0.29, 0.717) is 58.0 Å². The highest BCUT2D eigenvalue weighted by molar-refractivity contribution is 5.97. The first-order valence-corrected chi connectivity index (χ1v) is 13.8. The first-order valence-electron chi connectivity index (χ1n) is 13.8. The fourth-order valence-corrected chi connectivity index (χ4v) is 4.97. The Kier molecular flexibility index (Phi) is 7.60. The minimum atomic E-state index is -0.453. The van der Waals surface area contributed by atoms with Gasteiger partial charge in [-0.3, -0.25) is 10.1 Å². The van der Waals surface area contributed by atoms with Crippen LogP contribution in [0.4, 0.5) is 14.5 Å². The van der Waals surface area contributed by atoms with E-state index in [9.17, 15) is 4.39 Å². The Hall–Kier alpha value is -4.74. The molecule has 42 heavy (non-hydrogen) atoms. The summed E-state index contributed by atoms with van der Waals surface area (Å²) in [4.78, 5) is 18.9. The second kappa shape index (κ2) is 11.6. The van der Waals surface area contributed by atoms with Gasteiger partial charge in [0.15, 0.2) is 17.3 Å². The third kappa shape index (κ3) is 5.56. The topological polar surface area (TPSA) is 110 Å². The molecule has 11 heteroatoms. The Balaban J connectivity index is 1.39. The van der Waals surface area contributed by atoms with Gasteiger partial charge in [-0.2, -0.15) is 5.10 Å². The Morgan fingerprint density at radius 3 is 2.69 bits per heavy atom. The Bertz CT molecular complexity index is 1880. The molecule has 0 aliphatic carbocycles. The summed E-state index contributed by atoms with van der Waals surface area (Å²) in [5.74, 6) is -0.356. The van der Waals surface area contributed by atoms with Gasteiger partial charge in [-0.15, -0.1) is 0 Å². The maximum absolute atomic E-state index is 15.3. The van der Waals surface area contributed by atoms with E-state index in [-0.39, 0.29) is 11.3 Å². The van der Waals surface area contributed by atoms with E-state index in [2.05, 4.69) is 45.7 Å². The Labute approximate surface area is 241 Å². The molecule has 6 rings (SSSR count). The fourth-order valence-electron chi connectivity index (χ4n) is 4.97. The zero-order valence-corrected chi connectivity index (χ0v) is 23.6. The second-order valence-corrected chi connectivity index (χ2v) is 10.4. The molecule has 0 aliphatic heterocycles. The van der Waals surface area contributed by atoms with Crippen LogP contribution in [0.3, 0.4) is 0 Å². The van der Waals surface area contributed by atoms with Crippen LogP contribution in [0.1, 0.15) is 12.5 Å². The molecule has 4 N–H and O–H groups in total. The number of rotatable bonds is 10. The number of likely N-dealkylation sites (N-methyl/N-ethyl adjacent to an activating group) is 1. The molecule has 2 aromatic carbocycles. The lowest BCUT2D eigenvalue weighted by atomic mass is 10.0. The minimum absolute atomic E-state index is 0.206. The molecule has 0 radical (unpaired) electrons. The molecular weight excluding hydrogens is 536 g/mol. The lowest BCUT2D eigenvalue weighted by Crippen LogP contribution is -2.20. The normalized spacial score (nSPS) is 11.7. The van der Waals surface area contributed by atoms with Crippen molar-refractivity contribution in [3.63, 3.8) is 0 Å². The van der Waals surface area contributed by atoms with E-state index in [0.717, 1.165) is 29.8 Å². The zero-order valence-electron chi connectivity index (χ0n) is 23.6. The van der Waals surface area contributed by atoms with E-state index in [1.807, 2.05) is 45.3 Å². The number of aromatic nitrogens is 6. The molecule has 0 atom stereocenters. The number of imidazole rings is 1. The van der Waals surface area contributed by atoms with Crippen molar-refractivity contribution in [3.8, 4) is 33.8 Å². The highest BCUT2D eigenvalue weighted by Crippen LogP contribution is 2.34. The van der Waals surface area contributed by atoms with Crippen molar-refractivity contribution in [2.24, 2.45) is 0 Å². The highest BCUT2D eigenvalue weighted by Gasteiger charge is 2.19. The van der Waals surface area contributed by atoms with Crippen LogP contribution < -0.4 is 10.6 Å². The fraction of sp³-hybridized carbons (Fsp3) is 0.226. The molecule has 0 saturated carbocycles. The largest absolute Gasteiger partial charge is 0.384 e. The van der Waals surface area contributed by atoms with Crippen LogP contribution in [0.5, 0.6) is 0 Å². The number of benzene rings is 2. The molecule has 4 aromatic heterocycles. The Morgan fingerprint density at radius 2 is 1.86 bits per heavy atom. The summed E-state index contributed by atoms with van der Waals surface area (Å²) < 4.78 is 29.9. The van der Waals surface area contributed by atoms with Crippen LogP contribution in [0.25, 0.3) is 55.8 Å². The number of halogens is 2. The number of hydrogen-bond donors (Lipinski definition) is 4. The average molecular weight is 568 g/mol. The molecule has 6 aromatic rings. The van der Waals surface area contributed by atoms with Crippen LogP contribution in [0, 0.1) is 11.6 Å². The third-order valence-electron chi connectivity index (χ3n) is 7.05. The van der Waals surface area contributed by atoms with E-state index in [1.165, 1.54) is 18.2 Å². The number of fused-ring (bicyclic) bond motifs is 2. The van der Waals surface area contributed by atoms with Gasteiger partial charge in [0.1, 0.15) is 17.0 Å². The Morgan fingerprint density at radius 1 is 0.976 bits per heavy atom. The van der Waals surface area contributed by atoms with Crippen LogP contribution in [0.15, 0.2) is 61.1 Å². The maximum Gasteiger partial charge on any atom is 0.178 e. The van der Waals surface area contributed by atoms with Crippen LogP contribution >= 0.6 is 0 Å². The SMILES string of the molecule is CCNCc1cncc(-c2cc(F)c3n[nH]c(-c4nc5nccc(-c6cc(F)cc(NCCN(C)C)c6)c5[nH]4)c3c2)c1. The lowest BCUT2D eigenvalue weighted by Gasteiger charge is -2.13. The number of pyridine rings is 2. The monoisotopic (exact) mass is 567 g/mol. The van der Waals surface area contributed by atoms with Crippen molar-refractivity contribution >= 4 is 27.8 Å². The van der Waals surface area contributed by atoms with Gasteiger partial charge in [0.05, 0.1) is 5.52 Å². The average Bonchev–Trinajstić information content (AvgIpc) is 3.60. The molecule has 0 spiro atoms. The van der Waals surface area contributed by atoms with Crippen molar-refractivity contribution in [3.05, 3.63) is 78.3 Å². The number of hydrogen-bond acceptors (Lipinski definition) is 7. The third-order valence-corrected chi connectivity index (χ3v) is 7.05. The molecule has 0 saturated heterocycles. The zero-order chi connectivity index (χ0) is 29.2. The minimum Gasteiger partial charge on any atom is -0.384 e. The summed E-state index contributed by atoms with van der Waals surface area (Å²) in [6.45, 7) is 5.04. The number of anilines is 1. The van der Waals surface area contributed by atoms with Gasteiger partial charge in [-0.05, 0) is 79.8 Å². The molecule has 0 amide bonds. The van der Waals surface area contributed by atoms with Gasteiger partial charge in [0.2, 0.25) is 0 Å². The van der Waals surface area contributed by atoms with Crippen molar-refractivity contribution in [1.29, 1.82) is 0 Å². The van der Waals surface area contributed by atoms with E-state index < -0.39 is 5.82 Å². The quantitative estimate of drug-likeness (QED) is 0.171. The van der Waals surface area contributed by atoms with E-state index in [4.69, 9.17) is 0 Å². The van der Waals surface area contributed by atoms with Crippen LogP contribution in [-0.2, 0) is 6.54 Å². The summed E-state index contributed by atoms with van der Waals surface area (Å²) in [5.41, 5.74) is 6.41. The van der Waals surface area contributed by atoms with Crippen molar-refractivity contribution in [2.75, 3.05) is 39.0 Å². The number of nitrogens with one attached hydrogen (secondary N) is 4. The maximum atomic E-state index is 15.3. The predicted octanol–water partition coefficient (Wildman–Crippen LogP) is 5.59. The predicted molar refractivity (Wildman–Crippen MR) is 162 cm³/mol. The molecule has 0 unspecified atom stereocenters. The molecule has 214 valence electrons. The number of H-pyrrole nitrogens is 2. The van der Waals surface area contributed by atoms with E-state index >= 15 is 4.39 Å². The van der Waals surface area contributed by atoms with Gasteiger partial charge in [0.25, 0.3) is 0 Å². The van der Waals surface area contributed by atoms with Gasteiger partial charge in [0, 0.05) is 60.4 Å².